The molecular weight excluding hydrogens is 287 g/mol. The third kappa shape index (κ3) is 2.83. The minimum atomic E-state index is -0.925. The van der Waals surface area contributed by atoms with Gasteiger partial charge in [0.05, 0.1) is 0 Å². The summed E-state index contributed by atoms with van der Waals surface area (Å²) in [5.74, 6) is -1.29. The van der Waals surface area contributed by atoms with E-state index >= 15 is 0 Å². The Kier molecular flexibility index (Phi) is 3.87. The summed E-state index contributed by atoms with van der Waals surface area (Å²) < 4.78 is 18.3. The Morgan fingerprint density at radius 1 is 1.27 bits per heavy atom. The highest BCUT2D eigenvalue weighted by Gasteiger charge is 2.58. The van der Waals surface area contributed by atoms with E-state index in [0.717, 1.165) is 19.3 Å². The highest BCUT2D eigenvalue weighted by Crippen LogP contribution is 2.59. The van der Waals surface area contributed by atoms with E-state index in [2.05, 4.69) is 5.32 Å². The van der Waals surface area contributed by atoms with E-state index in [1.807, 2.05) is 0 Å². The van der Waals surface area contributed by atoms with Crippen LogP contribution in [0.1, 0.15) is 30.9 Å². The van der Waals surface area contributed by atoms with Crippen LogP contribution in [-0.4, -0.2) is 25.0 Å². The van der Waals surface area contributed by atoms with Crippen molar-refractivity contribution in [2.75, 3.05) is 13.2 Å². The summed E-state index contributed by atoms with van der Waals surface area (Å²) in [6, 6.07) is 4.48. The first-order chi connectivity index (χ1) is 10.5. The van der Waals surface area contributed by atoms with Crippen molar-refractivity contribution < 1.29 is 18.7 Å². The molecule has 3 N–H and O–H groups in total. The van der Waals surface area contributed by atoms with Crippen LogP contribution in [0.25, 0.3) is 0 Å². The van der Waals surface area contributed by atoms with Crippen LogP contribution in [0.3, 0.4) is 0 Å². The lowest BCUT2D eigenvalue weighted by molar-refractivity contribution is -0.129. The fourth-order valence-electron chi connectivity index (χ4n) is 3.27. The first-order valence-electron chi connectivity index (χ1n) is 7.45. The van der Waals surface area contributed by atoms with Crippen LogP contribution in [0.5, 0.6) is 0 Å². The molecule has 1 aliphatic heterocycles. The third-order valence-electron chi connectivity index (χ3n) is 4.77. The number of nitrogens with two attached hydrogens (primary N) is 1. The Labute approximate surface area is 128 Å². The molecule has 5 nitrogen and oxygen atoms in total. The van der Waals surface area contributed by atoms with Crippen molar-refractivity contribution in [2.24, 2.45) is 17.1 Å². The molecule has 2 fully saturated rings. The lowest BCUT2D eigenvalue weighted by atomic mass is 9.93. The zero-order valence-electron chi connectivity index (χ0n) is 12.2. The van der Waals surface area contributed by atoms with Gasteiger partial charge in [0.1, 0.15) is 11.9 Å². The summed E-state index contributed by atoms with van der Waals surface area (Å²) in [6.07, 6.45) is 2.59. The number of primary amides is 1. The summed E-state index contributed by atoms with van der Waals surface area (Å²) >= 11 is 0. The minimum Gasteiger partial charge on any atom is -0.381 e. The Bertz CT molecular complexity index is 582. The standard InChI is InChI=1S/C16H19FN2O3/c17-11-3-1-10(2-4-11)13(14(18)20)19-15(21)12-9-16(12)5-7-22-8-6-16/h1-4,12-13H,5-9H2,(H2,18,20)(H,19,21)/t12-,13-/m1/s1. The van der Waals surface area contributed by atoms with Gasteiger partial charge in [-0.3, -0.25) is 9.59 Å². The smallest absolute Gasteiger partial charge is 0.244 e. The predicted octanol–water partition coefficient (Wildman–Crippen LogP) is 1.28. The van der Waals surface area contributed by atoms with Gasteiger partial charge in [-0.25, -0.2) is 4.39 Å². The molecule has 2 atom stereocenters. The third-order valence-corrected chi connectivity index (χ3v) is 4.77. The van der Waals surface area contributed by atoms with Crippen LogP contribution in [-0.2, 0) is 14.3 Å². The van der Waals surface area contributed by atoms with Gasteiger partial charge < -0.3 is 15.8 Å². The molecule has 1 heterocycles. The maximum atomic E-state index is 13.0. The Morgan fingerprint density at radius 2 is 1.91 bits per heavy atom. The molecule has 1 aromatic carbocycles. The second-order valence-electron chi connectivity index (χ2n) is 6.13. The molecule has 6 heteroatoms. The molecule has 0 radical (unpaired) electrons. The largest absolute Gasteiger partial charge is 0.381 e. The molecular formula is C16H19FN2O3. The molecule has 1 saturated heterocycles. The van der Waals surface area contributed by atoms with Crippen molar-refractivity contribution in [2.45, 2.75) is 25.3 Å². The summed E-state index contributed by atoms with van der Waals surface area (Å²) in [6.45, 7) is 1.36. The number of hydrogen-bond donors (Lipinski definition) is 2. The van der Waals surface area contributed by atoms with Gasteiger partial charge in [-0.15, -0.1) is 0 Å². The van der Waals surface area contributed by atoms with Crippen molar-refractivity contribution in [1.82, 2.24) is 5.32 Å². The molecule has 1 aromatic rings. The number of hydrogen-bond acceptors (Lipinski definition) is 3. The first kappa shape index (κ1) is 15.0. The van der Waals surface area contributed by atoms with Crippen LogP contribution in [0.2, 0.25) is 0 Å². The van der Waals surface area contributed by atoms with Crippen molar-refractivity contribution in [3.63, 3.8) is 0 Å². The van der Waals surface area contributed by atoms with E-state index in [1.54, 1.807) is 0 Å². The first-order valence-corrected chi connectivity index (χ1v) is 7.45. The van der Waals surface area contributed by atoms with Gasteiger partial charge in [-0.2, -0.15) is 0 Å². The van der Waals surface area contributed by atoms with Gasteiger partial charge in [0.25, 0.3) is 0 Å². The van der Waals surface area contributed by atoms with Gasteiger partial charge >= 0.3 is 0 Å². The number of ether oxygens (including phenoxy) is 1. The molecule has 0 aromatic heterocycles. The summed E-state index contributed by atoms with van der Waals surface area (Å²) in [4.78, 5) is 24.0. The van der Waals surface area contributed by atoms with Crippen molar-refractivity contribution in [3.8, 4) is 0 Å². The van der Waals surface area contributed by atoms with Gasteiger partial charge in [-0.05, 0) is 42.4 Å². The van der Waals surface area contributed by atoms with E-state index in [9.17, 15) is 14.0 Å². The molecule has 1 aliphatic carbocycles. The van der Waals surface area contributed by atoms with Crippen LogP contribution in [0.15, 0.2) is 24.3 Å². The number of halogens is 1. The molecule has 0 bridgehead atoms. The molecule has 0 unspecified atom stereocenters. The van der Waals surface area contributed by atoms with E-state index in [1.165, 1.54) is 24.3 Å². The number of carbonyl (C=O) groups excluding carboxylic acids is 2. The lowest BCUT2D eigenvalue weighted by Crippen LogP contribution is -2.39. The van der Waals surface area contributed by atoms with Crippen molar-refractivity contribution >= 4 is 11.8 Å². The number of rotatable bonds is 4. The molecule has 1 saturated carbocycles. The highest BCUT2D eigenvalue weighted by atomic mass is 19.1. The van der Waals surface area contributed by atoms with Gasteiger partial charge in [-0.1, -0.05) is 12.1 Å². The van der Waals surface area contributed by atoms with E-state index < -0.39 is 17.8 Å². The van der Waals surface area contributed by atoms with Crippen LogP contribution < -0.4 is 11.1 Å². The highest BCUT2D eigenvalue weighted by molar-refractivity contribution is 5.90. The summed E-state index contributed by atoms with van der Waals surface area (Å²) in [5, 5.41) is 2.71. The van der Waals surface area contributed by atoms with Gasteiger partial charge in [0, 0.05) is 19.1 Å². The minimum absolute atomic E-state index is 0.0350. The Hall–Kier alpha value is -1.95. The molecule has 3 rings (SSSR count). The Morgan fingerprint density at radius 3 is 2.50 bits per heavy atom. The quantitative estimate of drug-likeness (QED) is 0.879. The fourth-order valence-corrected chi connectivity index (χ4v) is 3.27. The Balaban J connectivity index is 1.68. The van der Waals surface area contributed by atoms with Crippen LogP contribution >= 0.6 is 0 Å². The SMILES string of the molecule is NC(=O)[C@H](NC(=O)[C@H]1CC12CCOCC2)c1ccc(F)cc1. The second kappa shape index (κ2) is 5.68. The molecule has 1 spiro atoms. The van der Waals surface area contributed by atoms with E-state index in [4.69, 9.17) is 10.5 Å². The molecule has 118 valence electrons. The maximum absolute atomic E-state index is 13.0. The predicted molar refractivity (Wildman–Crippen MR) is 77.1 cm³/mol. The number of carbonyl (C=O) groups is 2. The van der Waals surface area contributed by atoms with Crippen molar-refractivity contribution in [1.29, 1.82) is 0 Å². The van der Waals surface area contributed by atoms with Crippen LogP contribution in [0, 0.1) is 17.2 Å². The van der Waals surface area contributed by atoms with Gasteiger partial charge in [0.15, 0.2) is 0 Å². The fraction of sp³-hybridized carbons (Fsp3) is 0.500. The van der Waals surface area contributed by atoms with E-state index in [0.29, 0.717) is 18.8 Å². The number of benzene rings is 1. The van der Waals surface area contributed by atoms with Gasteiger partial charge in [0.2, 0.25) is 11.8 Å². The second-order valence-corrected chi connectivity index (χ2v) is 6.13. The zero-order chi connectivity index (χ0) is 15.7. The number of amides is 2. The normalized spacial score (nSPS) is 23.8. The van der Waals surface area contributed by atoms with E-state index in [-0.39, 0.29) is 17.2 Å². The maximum Gasteiger partial charge on any atom is 0.244 e. The monoisotopic (exact) mass is 306 g/mol. The van der Waals surface area contributed by atoms with Crippen molar-refractivity contribution in [3.05, 3.63) is 35.6 Å². The summed E-state index contributed by atoms with van der Waals surface area (Å²) in [5.41, 5.74) is 5.90. The molecule has 22 heavy (non-hydrogen) atoms. The lowest BCUT2D eigenvalue weighted by Gasteiger charge is -2.23. The number of nitrogens with one attached hydrogen (secondary N) is 1. The van der Waals surface area contributed by atoms with Crippen LogP contribution in [0.4, 0.5) is 4.39 Å². The average Bonchev–Trinajstić information content (AvgIpc) is 3.19. The molecule has 2 aliphatic rings. The average molecular weight is 306 g/mol. The zero-order valence-corrected chi connectivity index (χ0v) is 12.2. The summed E-state index contributed by atoms with van der Waals surface area (Å²) in [7, 11) is 0. The topological polar surface area (TPSA) is 81.4 Å². The molecule has 2 amide bonds.